The molecule has 0 unspecified atom stereocenters. The minimum Gasteiger partial charge on any atom is -0.497 e. The van der Waals surface area contributed by atoms with Crippen molar-refractivity contribution in [3.05, 3.63) is 23.8 Å². The van der Waals surface area contributed by atoms with Crippen LogP contribution in [0, 0.1) is 0 Å². The first-order valence-electron chi connectivity index (χ1n) is 6.62. The molecule has 0 bridgehead atoms. The lowest BCUT2D eigenvalue weighted by Crippen LogP contribution is -2.38. The second kappa shape index (κ2) is 7.72. The van der Waals surface area contributed by atoms with Crippen LogP contribution in [0.5, 0.6) is 11.5 Å². The van der Waals surface area contributed by atoms with E-state index in [1.54, 1.807) is 25.3 Å². The van der Waals surface area contributed by atoms with Crippen LogP contribution in [0.3, 0.4) is 0 Å². The summed E-state index contributed by atoms with van der Waals surface area (Å²) in [6, 6.07) is 5.38. The van der Waals surface area contributed by atoms with Gasteiger partial charge in [0.25, 0.3) is 0 Å². The molecule has 0 aliphatic carbocycles. The first kappa shape index (κ1) is 14.6. The van der Waals surface area contributed by atoms with E-state index < -0.39 is 0 Å². The number of oxime groups is 1. The zero-order valence-corrected chi connectivity index (χ0v) is 11.6. The Kier molecular flexibility index (Phi) is 5.64. The Balaban J connectivity index is 1.92. The maximum absolute atomic E-state index is 8.66. The van der Waals surface area contributed by atoms with Gasteiger partial charge in [-0.1, -0.05) is 5.16 Å². The average Bonchev–Trinajstić information content (AvgIpc) is 2.50. The van der Waals surface area contributed by atoms with Crippen molar-refractivity contribution < 1.29 is 19.4 Å². The van der Waals surface area contributed by atoms with E-state index >= 15 is 0 Å². The van der Waals surface area contributed by atoms with Gasteiger partial charge in [0, 0.05) is 31.3 Å². The third-order valence-electron chi connectivity index (χ3n) is 3.19. The van der Waals surface area contributed by atoms with Crippen molar-refractivity contribution in [2.24, 2.45) is 5.16 Å². The number of hydrogen-bond donors (Lipinski definition) is 1. The molecule has 6 nitrogen and oxygen atoms in total. The monoisotopic (exact) mass is 280 g/mol. The van der Waals surface area contributed by atoms with Gasteiger partial charge in [-0.15, -0.1) is 0 Å². The predicted molar refractivity (Wildman–Crippen MR) is 75.1 cm³/mol. The van der Waals surface area contributed by atoms with Gasteiger partial charge in [-0.05, 0) is 12.1 Å². The lowest BCUT2D eigenvalue weighted by molar-refractivity contribution is 0.0322. The summed E-state index contributed by atoms with van der Waals surface area (Å²) in [5.74, 6) is 1.36. The number of hydrogen-bond acceptors (Lipinski definition) is 6. The number of ether oxygens (including phenoxy) is 3. The smallest absolute Gasteiger partial charge is 0.131 e. The molecule has 2 rings (SSSR count). The van der Waals surface area contributed by atoms with Gasteiger partial charge >= 0.3 is 0 Å². The average molecular weight is 280 g/mol. The highest BCUT2D eigenvalue weighted by Gasteiger charge is 2.10. The van der Waals surface area contributed by atoms with Crippen LogP contribution in [-0.2, 0) is 4.74 Å². The minimum absolute atomic E-state index is 0.569. The molecule has 1 aromatic carbocycles. The quantitative estimate of drug-likeness (QED) is 0.482. The molecule has 1 aromatic rings. The Labute approximate surface area is 118 Å². The van der Waals surface area contributed by atoms with Crippen LogP contribution in [0.25, 0.3) is 0 Å². The number of benzene rings is 1. The zero-order chi connectivity index (χ0) is 14.2. The third kappa shape index (κ3) is 4.11. The van der Waals surface area contributed by atoms with Gasteiger partial charge in [0.05, 0.1) is 26.5 Å². The fourth-order valence-corrected chi connectivity index (χ4v) is 2.04. The molecule has 1 saturated heterocycles. The minimum atomic E-state index is 0.569. The fourth-order valence-electron chi connectivity index (χ4n) is 2.04. The second-order valence-electron chi connectivity index (χ2n) is 4.45. The summed E-state index contributed by atoms with van der Waals surface area (Å²) in [5.41, 5.74) is 0.718. The summed E-state index contributed by atoms with van der Waals surface area (Å²) in [5, 5.41) is 11.7. The van der Waals surface area contributed by atoms with Crippen molar-refractivity contribution in [1.29, 1.82) is 0 Å². The van der Waals surface area contributed by atoms with Crippen LogP contribution in [0.4, 0.5) is 0 Å². The molecule has 20 heavy (non-hydrogen) atoms. The molecule has 0 saturated carbocycles. The van der Waals surface area contributed by atoms with Crippen molar-refractivity contribution in [3.8, 4) is 11.5 Å². The van der Waals surface area contributed by atoms with E-state index in [0.29, 0.717) is 18.1 Å². The lowest BCUT2D eigenvalue weighted by Gasteiger charge is -2.26. The van der Waals surface area contributed by atoms with Gasteiger partial charge in [0.2, 0.25) is 0 Å². The summed E-state index contributed by atoms with van der Waals surface area (Å²) in [4.78, 5) is 2.30. The molecule has 1 aliphatic rings. The van der Waals surface area contributed by atoms with Crippen molar-refractivity contribution in [3.63, 3.8) is 0 Å². The predicted octanol–water partition coefficient (Wildman–Crippen LogP) is 1.21. The molecule has 110 valence electrons. The van der Waals surface area contributed by atoms with E-state index in [1.165, 1.54) is 6.21 Å². The van der Waals surface area contributed by atoms with Crippen LogP contribution >= 0.6 is 0 Å². The van der Waals surface area contributed by atoms with Crippen molar-refractivity contribution >= 4 is 6.21 Å². The van der Waals surface area contributed by atoms with E-state index in [-0.39, 0.29) is 0 Å². The van der Waals surface area contributed by atoms with Crippen LogP contribution in [-0.4, -0.2) is 62.9 Å². The van der Waals surface area contributed by atoms with Crippen molar-refractivity contribution in [2.45, 2.75) is 0 Å². The highest BCUT2D eigenvalue weighted by Crippen LogP contribution is 2.23. The summed E-state index contributed by atoms with van der Waals surface area (Å²) in [7, 11) is 1.60. The van der Waals surface area contributed by atoms with Crippen molar-refractivity contribution in [2.75, 3.05) is 46.6 Å². The normalized spacial score (nSPS) is 16.4. The van der Waals surface area contributed by atoms with Gasteiger partial charge in [-0.25, -0.2) is 0 Å². The van der Waals surface area contributed by atoms with Gasteiger partial charge < -0.3 is 19.4 Å². The summed E-state index contributed by atoms with van der Waals surface area (Å²) < 4.78 is 16.2. The van der Waals surface area contributed by atoms with Gasteiger partial charge in [-0.3, -0.25) is 4.90 Å². The Morgan fingerprint density at radius 3 is 2.90 bits per heavy atom. The molecule has 0 radical (unpaired) electrons. The number of nitrogens with zero attached hydrogens (tertiary/aromatic N) is 2. The molecule has 1 N–H and O–H groups in total. The molecule has 1 heterocycles. The molecule has 1 aliphatic heterocycles. The number of morpholine rings is 1. The molecule has 1 fully saturated rings. The maximum Gasteiger partial charge on any atom is 0.131 e. The lowest BCUT2D eigenvalue weighted by atomic mass is 10.2. The molecular formula is C14H20N2O4. The van der Waals surface area contributed by atoms with E-state index in [0.717, 1.165) is 38.4 Å². The van der Waals surface area contributed by atoms with Crippen LogP contribution < -0.4 is 9.47 Å². The fraction of sp³-hybridized carbons (Fsp3) is 0.500. The Hall–Kier alpha value is -1.79. The first-order valence-corrected chi connectivity index (χ1v) is 6.62. The van der Waals surface area contributed by atoms with Crippen LogP contribution in [0.1, 0.15) is 5.56 Å². The zero-order valence-electron chi connectivity index (χ0n) is 11.6. The Bertz CT molecular complexity index is 445. The standard InChI is InChI=1S/C14H20N2O4/c1-18-13-3-2-12(11-15-17)14(10-13)20-9-6-16-4-7-19-8-5-16/h2-3,10-11,17H,4-9H2,1H3/b15-11+. The topological polar surface area (TPSA) is 63.5 Å². The van der Waals surface area contributed by atoms with E-state index in [1.807, 2.05) is 0 Å². The van der Waals surface area contributed by atoms with Gasteiger partial charge in [0.1, 0.15) is 18.1 Å². The first-order chi connectivity index (χ1) is 9.83. The molecule has 0 amide bonds. The highest BCUT2D eigenvalue weighted by atomic mass is 16.5. The largest absolute Gasteiger partial charge is 0.497 e. The van der Waals surface area contributed by atoms with Crippen LogP contribution in [0.15, 0.2) is 23.4 Å². The molecule has 6 heteroatoms. The Morgan fingerprint density at radius 1 is 1.40 bits per heavy atom. The van der Waals surface area contributed by atoms with E-state index in [9.17, 15) is 0 Å². The molecule has 0 atom stereocenters. The van der Waals surface area contributed by atoms with Crippen molar-refractivity contribution in [1.82, 2.24) is 4.90 Å². The third-order valence-corrected chi connectivity index (χ3v) is 3.19. The van der Waals surface area contributed by atoms with Crippen LogP contribution in [0.2, 0.25) is 0 Å². The van der Waals surface area contributed by atoms with E-state index in [2.05, 4.69) is 10.1 Å². The summed E-state index contributed by atoms with van der Waals surface area (Å²) in [6.45, 7) is 4.84. The summed E-state index contributed by atoms with van der Waals surface area (Å²) >= 11 is 0. The molecular weight excluding hydrogens is 260 g/mol. The molecule has 0 aromatic heterocycles. The highest BCUT2D eigenvalue weighted by molar-refractivity contribution is 5.83. The number of rotatable bonds is 6. The summed E-state index contributed by atoms with van der Waals surface area (Å²) in [6.07, 6.45) is 1.35. The van der Waals surface area contributed by atoms with E-state index in [4.69, 9.17) is 19.4 Å². The SMILES string of the molecule is COc1ccc(/C=N/O)c(OCCN2CCOCC2)c1. The second-order valence-corrected chi connectivity index (χ2v) is 4.45. The maximum atomic E-state index is 8.66. The number of methoxy groups -OCH3 is 1. The molecule has 0 spiro atoms. The van der Waals surface area contributed by atoms with Gasteiger partial charge in [-0.2, -0.15) is 0 Å². The van der Waals surface area contributed by atoms with Gasteiger partial charge in [0.15, 0.2) is 0 Å². The Morgan fingerprint density at radius 2 is 2.20 bits per heavy atom.